The van der Waals surface area contributed by atoms with Crippen LogP contribution in [-0.4, -0.2) is 24.7 Å². The fraction of sp³-hybridized carbons (Fsp3) is 0.314. The molecule has 4 heteroatoms. The topological polar surface area (TPSA) is 18.5 Å². The van der Waals surface area contributed by atoms with Crippen molar-refractivity contribution in [3.8, 4) is 22.6 Å². The molecule has 0 spiro atoms. The van der Waals surface area contributed by atoms with Crippen molar-refractivity contribution in [1.29, 1.82) is 0 Å². The highest BCUT2D eigenvalue weighted by atomic mass is 32.1. The summed E-state index contributed by atoms with van der Waals surface area (Å²) in [6, 6.07) is 27.1. The highest BCUT2D eigenvalue weighted by molar-refractivity contribution is 7.80. The first-order chi connectivity index (χ1) is 18.9. The third kappa shape index (κ3) is 4.87. The molecule has 0 saturated heterocycles. The van der Waals surface area contributed by atoms with E-state index >= 15 is 0 Å². The van der Waals surface area contributed by atoms with Gasteiger partial charge in [-0.15, -0.1) is 0 Å². The molecule has 1 aliphatic carbocycles. The van der Waals surface area contributed by atoms with E-state index in [4.69, 9.17) is 9.47 Å². The van der Waals surface area contributed by atoms with Crippen LogP contribution >= 0.6 is 25.3 Å². The molecular formula is C35H38O2S2. The van der Waals surface area contributed by atoms with Crippen LogP contribution in [0.15, 0.2) is 72.8 Å². The van der Waals surface area contributed by atoms with Gasteiger partial charge in [-0.05, 0) is 108 Å². The third-order valence-electron chi connectivity index (χ3n) is 7.84. The van der Waals surface area contributed by atoms with E-state index in [1.807, 2.05) is 0 Å². The molecule has 0 saturated carbocycles. The molecule has 0 aliphatic heterocycles. The largest absolute Gasteiger partial charge is 0.493 e. The minimum absolute atomic E-state index is 0.453. The summed E-state index contributed by atoms with van der Waals surface area (Å²) < 4.78 is 12.5. The van der Waals surface area contributed by atoms with Crippen molar-refractivity contribution in [1.82, 2.24) is 0 Å². The molecule has 0 radical (unpaired) electrons. The Bertz CT molecular complexity index is 1330. The van der Waals surface area contributed by atoms with Gasteiger partial charge >= 0.3 is 0 Å². The molecule has 4 aromatic rings. The van der Waals surface area contributed by atoms with Gasteiger partial charge in [0.15, 0.2) is 0 Å². The molecule has 0 aromatic heterocycles. The summed E-state index contributed by atoms with van der Waals surface area (Å²) in [6.07, 6.45) is 1.85. The molecule has 0 atom stereocenters. The van der Waals surface area contributed by atoms with Gasteiger partial charge < -0.3 is 9.47 Å². The second-order valence-corrected chi connectivity index (χ2v) is 11.5. The number of benzene rings is 4. The number of ether oxygens (including phenoxy) is 2. The highest BCUT2D eigenvalue weighted by Crippen LogP contribution is 2.57. The Hall–Kier alpha value is -2.82. The van der Waals surface area contributed by atoms with Gasteiger partial charge in [0.05, 0.1) is 18.6 Å². The van der Waals surface area contributed by atoms with Crippen LogP contribution in [-0.2, 0) is 5.41 Å². The standard InChI is InChI=1S/C35H38O2S2/c1-23-19-27(20-24(2)33(23)36-15-9-17-38)35(28-21-25(3)34(26(4)22-28)37-16-10-18-39)31-13-7-5-11-29(31)30-12-6-8-14-32(30)35/h5-8,11-14,19-22,38-39H,9-10,15-18H2,1-4H3. The zero-order valence-electron chi connectivity index (χ0n) is 23.4. The zero-order valence-corrected chi connectivity index (χ0v) is 25.2. The van der Waals surface area contributed by atoms with Gasteiger partial charge in [-0.3, -0.25) is 0 Å². The molecule has 5 rings (SSSR count). The fourth-order valence-electron chi connectivity index (χ4n) is 6.29. The van der Waals surface area contributed by atoms with Crippen LogP contribution in [0.4, 0.5) is 0 Å². The summed E-state index contributed by atoms with van der Waals surface area (Å²) in [7, 11) is 0. The van der Waals surface area contributed by atoms with E-state index in [0.29, 0.717) is 13.2 Å². The van der Waals surface area contributed by atoms with Gasteiger partial charge in [0.2, 0.25) is 0 Å². The molecule has 0 fully saturated rings. The molecule has 0 unspecified atom stereocenters. The summed E-state index contributed by atoms with van der Waals surface area (Å²) in [5, 5.41) is 0. The second kappa shape index (κ2) is 11.7. The molecule has 0 amide bonds. The molecule has 0 heterocycles. The maximum absolute atomic E-state index is 6.23. The number of rotatable bonds is 10. The second-order valence-electron chi connectivity index (χ2n) is 10.6. The van der Waals surface area contributed by atoms with Crippen LogP contribution in [0.3, 0.4) is 0 Å². The lowest BCUT2D eigenvalue weighted by Gasteiger charge is -2.35. The molecule has 1 aliphatic rings. The van der Waals surface area contributed by atoms with Crippen molar-refractivity contribution in [2.75, 3.05) is 24.7 Å². The fourth-order valence-corrected chi connectivity index (χ4v) is 6.55. The minimum atomic E-state index is -0.453. The maximum atomic E-state index is 6.23. The number of aryl methyl sites for hydroxylation is 4. The first-order valence-corrected chi connectivity index (χ1v) is 15.1. The van der Waals surface area contributed by atoms with Crippen LogP contribution in [0.2, 0.25) is 0 Å². The Morgan fingerprint density at radius 3 is 1.28 bits per heavy atom. The third-order valence-corrected chi connectivity index (χ3v) is 8.47. The van der Waals surface area contributed by atoms with Crippen LogP contribution < -0.4 is 9.47 Å². The van der Waals surface area contributed by atoms with Crippen LogP contribution in [0.5, 0.6) is 11.5 Å². The van der Waals surface area contributed by atoms with Crippen molar-refractivity contribution < 1.29 is 9.47 Å². The SMILES string of the molecule is Cc1cc(C2(c3cc(C)c(OCCCS)c(C)c3)c3ccccc3-c3ccccc32)cc(C)c1OCCCS. The summed E-state index contributed by atoms with van der Waals surface area (Å²) in [4.78, 5) is 0. The van der Waals surface area contributed by atoms with Crippen molar-refractivity contribution in [3.05, 3.63) is 117 Å². The van der Waals surface area contributed by atoms with Gasteiger partial charge in [0.25, 0.3) is 0 Å². The Balaban J connectivity index is 1.78. The van der Waals surface area contributed by atoms with E-state index in [2.05, 4.69) is 126 Å². The van der Waals surface area contributed by atoms with E-state index in [1.54, 1.807) is 0 Å². The molecule has 4 aromatic carbocycles. The lowest BCUT2D eigenvalue weighted by atomic mass is 9.66. The van der Waals surface area contributed by atoms with Gasteiger partial charge in [-0.2, -0.15) is 25.3 Å². The molecule has 0 N–H and O–H groups in total. The zero-order chi connectivity index (χ0) is 27.6. The Kier molecular flexibility index (Phi) is 8.35. The summed E-state index contributed by atoms with van der Waals surface area (Å²) in [5.74, 6) is 3.60. The predicted octanol–water partition coefficient (Wildman–Crippen LogP) is 8.68. The number of hydrogen-bond donors (Lipinski definition) is 2. The number of fused-ring (bicyclic) bond motifs is 3. The average Bonchev–Trinajstić information content (AvgIpc) is 3.23. The summed E-state index contributed by atoms with van der Waals surface area (Å²) >= 11 is 8.71. The van der Waals surface area contributed by atoms with Crippen LogP contribution in [0.25, 0.3) is 11.1 Å². The van der Waals surface area contributed by atoms with E-state index < -0.39 is 5.41 Å². The molecule has 39 heavy (non-hydrogen) atoms. The maximum Gasteiger partial charge on any atom is 0.125 e. The molecular weight excluding hydrogens is 517 g/mol. The number of hydrogen-bond acceptors (Lipinski definition) is 4. The van der Waals surface area contributed by atoms with Gasteiger partial charge in [-0.1, -0.05) is 72.8 Å². The van der Waals surface area contributed by atoms with E-state index in [1.165, 1.54) is 33.4 Å². The smallest absolute Gasteiger partial charge is 0.125 e. The number of thiol groups is 2. The van der Waals surface area contributed by atoms with E-state index in [0.717, 1.165) is 58.1 Å². The van der Waals surface area contributed by atoms with Crippen LogP contribution in [0.1, 0.15) is 57.3 Å². The first-order valence-electron chi connectivity index (χ1n) is 13.8. The van der Waals surface area contributed by atoms with Crippen molar-refractivity contribution in [2.24, 2.45) is 0 Å². The lowest BCUT2D eigenvalue weighted by molar-refractivity contribution is 0.314. The van der Waals surface area contributed by atoms with E-state index in [9.17, 15) is 0 Å². The average molecular weight is 555 g/mol. The van der Waals surface area contributed by atoms with Crippen LogP contribution in [0, 0.1) is 27.7 Å². The van der Waals surface area contributed by atoms with Crippen molar-refractivity contribution in [2.45, 2.75) is 46.0 Å². The summed E-state index contributed by atoms with van der Waals surface area (Å²) in [6.45, 7) is 10.0. The monoisotopic (exact) mass is 554 g/mol. The van der Waals surface area contributed by atoms with Gasteiger partial charge in [-0.25, -0.2) is 0 Å². The van der Waals surface area contributed by atoms with Gasteiger partial charge in [0, 0.05) is 0 Å². The lowest BCUT2D eigenvalue weighted by Crippen LogP contribution is -2.29. The first kappa shape index (κ1) is 27.7. The van der Waals surface area contributed by atoms with Crippen molar-refractivity contribution in [3.63, 3.8) is 0 Å². The highest BCUT2D eigenvalue weighted by Gasteiger charge is 2.46. The molecule has 202 valence electrons. The quantitative estimate of drug-likeness (QED) is 0.133. The van der Waals surface area contributed by atoms with E-state index in [-0.39, 0.29) is 0 Å². The predicted molar refractivity (Wildman–Crippen MR) is 171 cm³/mol. The van der Waals surface area contributed by atoms with Gasteiger partial charge in [0.1, 0.15) is 11.5 Å². The van der Waals surface area contributed by atoms with Crippen molar-refractivity contribution >= 4 is 25.3 Å². The molecule has 2 nitrogen and oxygen atoms in total. The summed E-state index contributed by atoms with van der Waals surface area (Å²) in [5.41, 5.74) is 11.9. The Labute approximate surface area is 244 Å². The minimum Gasteiger partial charge on any atom is -0.493 e. The Morgan fingerprint density at radius 1 is 0.564 bits per heavy atom. The molecule has 0 bridgehead atoms. The normalized spacial score (nSPS) is 13.2. The Morgan fingerprint density at radius 2 is 0.923 bits per heavy atom.